The number of benzene rings is 1. The Labute approximate surface area is 183 Å². The highest BCUT2D eigenvalue weighted by molar-refractivity contribution is 6.74. The number of aliphatic hydroxyl groups excluding tert-OH is 1. The van der Waals surface area contributed by atoms with Gasteiger partial charge in [0.25, 0.3) is 0 Å². The molecule has 170 valence electrons. The maximum Gasteiger partial charge on any atom is 0.225 e. The van der Waals surface area contributed by atoms with E-state index in [0.29, 0.717) is 19.3 Å². The summed E-state index contributed by atoms with van der Waals surface area (Å²) in [6.45, 7) is 14.7. The molecular weight excluding hydrogens is 394 g/mol. The molecule has 4 atom stereocenters. The monoisotopic (exact) mass is 435 g/mol. The number of carbonyl (C=O) groups excluding carboxylic acids is 2. The largest absolute Gasteiger partial charge is 0.414 e. The van der Waals surface area contributed by atoms with Crippen LogP contribution in [-0.4, -0.2) is 49.7 Å². The Hall–Kier alpha value is -1.50. The first-order chi connectivity index (χ1) is 13.8. The van der Waals surface area contributed by atoms with E-state index in [1.54, 1.807) is 11.9 Å². The second-order valence-corrected chi connectivity index (χ2v) is 14.7. The predicted octanol–water partition coefficient (Wildman–Crippen LogP) is 4.96. The summed E-state index contributed by atoms with van der Waals surface area (Å²) in [6, 6.07) is 9.05. The molecule has 1 N–H and O–H groups in total. The molecule has 0 saturated carbocycles. The number of likely N-dealkylation sites (N-methyl/N-ethyl adjacent to an activating group) is 1. The molecule has 0 aliphatic rings. The van der Waals surface area contributed by atoms with Crippen LogP contribution in [0.4, 0.5) is 0 Å². The van der Waals surface area contributed by atoms with Gasteiger partial charge < -0.3 is 19.2 Å². The van der Waals surface area contributed by atoms with Gasteiger partial charge in [0.15, 0.2) is 8.32 Å². The molecule has 0 heterocycles. The van der Waals surface area contributed by atoms with Gasteiger partial charge >= 0.3 is 0 Å². The molecule has 1 rings (SSSR count). The molecule has 1 amide bonds. The molecule has 0 aromatic heterocycles. The summed E-state index contributed by atoms with van der Waals surface area (Å²) in [7, 11) is -0.271. The van der Waals surface area contributed by atoms with E-state index in [2.05, 4.69) is 33.9 Å². The van der Waals surface area contributed by atoms with Gasteiger partial charge in [0.05, 0.1) is 12.1 Å². The fourth-order valence-electron chi connectivity index (χ4n) is 3.26. The van der Waals surface area contributed by atoms with Crippen molar-refractivity contribution in [1.82, 2.24) is 4.90 Å². The smallest absolute Gasteiger partial charge is 0.225 e. The average Bonchev–Trinajstić information content (AvgIpc) is 2.69. The zero-order valence-corrected chi connectivity index (χ0v) is 21.0. The number of aliphatic hydroxyl groups is 1. The summed E-state index contributed by atoms with van der Waals surface area (Å²) >= 11 is 0. The highest BCUT2D eigenvalue weighted by atomic mass is 28.4. The van der Waals surface area contributed by atoms with Crippen LogP contribution in [0.25, 0.3) is 0 Å². The Morgan fingerprint density at radius 1 is 1.20 bits per heavy atom. The van der Waals surface area contributed by atoms with Crippen LogP contribution in [0.15, 0.2) is 30.3 Å². The molecule has 0 aliphatic carbocycles. The van der Waals surface area contributed by atoms with Gasteiger partial charge in [-0.25, -0.2) is 0 Å². The minimum Gasteiger partial charge on any atom is -0.414 e. The molecule has 0 bridgehead atoms. The number of rotatable bonds is 11. The molecule has 1 aromatic rings. The van der Waals surface area contributed by atoms with Crippen molar-refractivity contribution in [2.75, 3.05) is 7.05 Å². The van der Waals surface area contributed by atoms with Crippen LogP contribution in [-0.2, 0) is 14.0 Å². The summed E-state index contributed by atoms with van der Waals surface area (Å²) in [5, 5.41) is 10.7. The number of nitrogens with zero attached hydrogens (tertiary/aromatic N) is 1. The lowest BCUT2D eigenvalue weighted by Crippen LogP contribution is -2.46. The van der Waals surface area contributed by atoms with Gasteiger partial charge in [0.1, 0.15) is 6.29 Å². The first-order valence-electron chi connectivity index (χ1n) is 10.9. The van der Waals surface area contributed by atoms with E-state index in [4.69, 9.17) is 4.43 Å². The third-order valence-corrected chi connectivity index (χ3v) is 11.0. The van der Waals surface area contributed by atoms with Gasteiger partial charge in [0, 0.05) is 25.5 Å². The highest BCUT2D eigenvalue weighted by Gasteiger charge is 2.39. The Morgan fingerprint density at radius 2 is 1.77 bits per heavy atom. The maximum absolute atomic E-state index is 13.1. The summed E-state index contributed by atoms with van der Waals surface area (Å²) in [5.74, 6) is -0.283. The third kappa shape index (κ3) is 7.32. The van der Waals surface area contributed by atoms with Crippen molar-refractivity contribution in [2.45, 2.75) is 90.3 Å². The van der Waals surface area contributed by atoms with E-state index in [1.165, 1.54) is 0 Å². The lowest BCUT2D eigenvalue weighted by Gasteiger charge is -2.40. The first kappa shape index (κ1) is 26.5. The first-order valence-corrected chi connectivity index (χ1v) is 13.8. The number of hydrogen-bond acceptors (Lipinski definition) is 4. The average molecular weight is 436 g/mol. The fourth-order valence-corrected chi connectivity index (χ4v) is 4.66. The summed E-state index contributed by atoms with van der Waals surface area (Å²) in [4.78, 5) is 25.7. The van der Waals surface area contributed by atoms with Gasteiger partial charge in [0.2, 0.25) is 5.91 Å². The van der Waals surface area contributed by atoms with Crippen molar-refractivity contribution in [3.8, 4) is 0 Å². The van der Waals surface area contributed by atoms with Crippen LogP contribution < -0.4 is 0 Å². The third-order valence-electron chi connectivity index (χ3n) is 6.47. The minimum absolute atomic E-state index is 0.0209. The molecule has 1 aromatic carbocycles. The van der Waals surface area contributed by atoms with E-state index in [-0.39, 0.29) is 29.0 Å². The number of aldehydes is 1. The molecule has 0 radical (unpaired) electrons. The Balaban J connectivity index is 2.85. The van der Waals surface area contributed by atoms with Crippen LogP contribution in [0.5, 0.6) is 0 Å². The number of carbonyl (C=O) groups is 2. The van der Waals surface area contributed by atoms with Crippen molar-refractivity contribution in [2.24, 2.45) is 5.92 Å². The Bertz CT molecular complexity index is 672. The zero-order valence-electron chi connectivity index (χ0n) is 20.0. The van der Waals surface area contributed by atoms with Crippen LogP contribution >= 0.6 is 0 Å². The second-order valence-electron chi connectivity index (χ2n) is 9.93. The Kier molecular flexibility index (Phi) is 9.91. The fraction of sp³-hybridized carbons (Fsp3) is 0.667. The molecule has 0 fully saturated rings. The van der Waals surface area contributed by atoms with Gasteiger partial charge in [-0.05, 0) is 43.5 Å². The van der Waals surface area contributed by atoms with Crippen LogP contribution in [0.2, 0.25) is 18.1 Å². The maximum atomic E-state index is 13.1. The van der Waals surface area contributed by atoms with Crippen LogP contribution in [0, 0.1) is 5.92 Å². The lowest BCUT2D eigenvalue weighted by atomic mass is 9.97. The van der Waals surface area contributed by atoms with Gasteiger partial charge in [-0.2, -0.15) is 0 Å². The van der Waals surface area contributed by atoms with Crippen molar-refractivity contribution in [3.63, 3.8) is 0 Å². The topological polar surface area (TPSA) is 66.8 Å². The highest BCUT2D eigenvalue weighted by Crippen LogP contribution is 2.38. The molecule has 0 aliphatic heterocycles. The number of amides is 1. The molecule has 30 heavy (non-hydrogen) atoms. The predicted molar refractivity (Wildman–Crippen MR) is 125 cm³/mol. The Morgan fingerprint density at radius 3 is 2.27 bits per heavy atom. The quantitative estimate of drug-likeness (QED) is 0.394. The van der Waals surface area contributed by atoms with Crippen LogP contribution in [0.3, 0.4) is 0 Å². The molecule has 0 spiro atoms. The van der Waals surface area contributed by atoms with Gasteiger partial charge in [-0.15, -0.1) is 0 Å². The van der Waals surface area contributed by atoms with Crippen molar-refractivity contribution < 1.29 is 19.1 Å². The number of hydrogen-bond donors (Lipinski definition) is 1. The normalized spacial score (nSPS) is 16.4. The van der Waals surface area contributed by atoms with Gasteiger partial charge in [-0.3, -0.25) is 4.79 Å². The van der Waals surface area contributed by atoms with E-state index in [9.17, 15) is 14.7 Å². The summed E-state index contributed by atoms with van der Waals surface area (Å²) in [5.41, 5.74) is 0.794. The van der Waals surface area contributed by atoms with Crippen molar-refractivity contribution in [1.29, 1.82) is 0 Å². The molecular formula is C24H41NO4Si. The van der Waals surface area contributed by atoms with E-state index < -0.39 is 14.4 Å². The van der Waals surface area contributed by atoms with E-state index in [1.807, 2.05) is 44.2 Å². The minimum atomic E-state index is -2.01. The zero-order chi connectivity index (χ0) is 23.1. The molecule has 3 unspecified atom stereocenters. The summed E-state index contributed by atoms with van der Waals surface area (Å²) < 4.78 is 6.54. The standard InChI is InChI=1S/C24H41NO4Si/c1-18(17-21(15-12-16-26)29-30(7,8)24(3,4)5)23(28)25(6)19(2)22(27)20-13-10-9-11-14-20/h9-11,13-14,16,18-19,21-22,27H,12,15,17H2,1-8H3/t18?,19?,21?,22-/m0/s1. The van der Waals surface area contributed by atoms with Crippen molar-refractivity contribution in [3.05, 3.63) is 35.9 Å². The molecule has 5 nitrogen and oxygen atoms in total. The van der Waals surface area contributed by atoms with E-state index in [0.717, 1.165) is 11.8 Å². The van der Waals surface area contributed by atoms with Crippen molar-refractivity contribution >= 4 is 20.5 Å². The van der Waals surface area contributed by atoms with Crippen LogP contribution in [0.1, 0.15) is 65.5 Å². The van der Waals surface area contributed by atoms with E-state index >= 15 is 0 Å². The van der Waals surface area contributed by atoms with Gasteiger partial charge in [-0.1, -0.05) is 58.0 Å². The second kappa shape index (κ2) is 11.2. The SMILES string of the molecule is CC(CC(CCC=O)O[Si](C)(C)C(C)(C)C)C(=O)N(C)C(C)[C@H](O)c1ccccc1. The molecule has 6 heteroatoms. The lowest BCUT2D eigenvalue weighted by molar-refractivity contribution is -0.138. The summed E-state index contributed by atoms with van der Waals surface area (Å²) in [6.07, 6.45) is 1.66. The molecule has 0 saturated heterocycles.